The van der Waals surface area contributed by atoms with Gasteiger partial charge >= 0.3 is 0 Å². The first-order valence-electron chi connectivity index (χ1n) is 9.90. The summed E-state index contributed by atoms with van der Waals surface area (Å²) in [5.74, 6) is 0.351. The van der Waals surface area contributed by atoms with E-state index >= 15 is 0 Å². The lowest BCUT2D eigenvalue weighted by atomic mass is 9.93. The van der Waals surface area contributed by atoms with E-state index in [1.807, 2.05) is 0 Å². The summed E-state index contributed by atoms with van der Waals surface area (Å²) in [6, 6.07) is 0.362. The summed E-state index contributed by atoms with van der Waals surface area (Å²) in [5, 5.41) is 13.3. The molecule has 142 valence electrons. The third-order valence-electron chi connectivity index (χ3n) is 5.72. The fourth-order valence-corrected chi connectivity index (χ4v) is 5.15. The molecule has 0 radical (unpaired) electrons. The topological polar surface area (TPSA) is 78.4 Å². The number of nitrogens with zero attached hydrogens (tertiary/aromatic N) is 4. The van der Waals surface area contributed by atoms with Gasteiger partial charge < -0.3 is 10.2 Å². The molecule has 1 aliphatic carbocycles. The minimum atomic E-state index is 0.0199. The van der Waals surface area contributed by atoms with Crippen LogP contribution in [0.5, 0.6) is 0 Å². The molecule has 1 unspecified atom stereocenters. The van der Waals surface area contributed by atoms with E-state index in [-0.39, 0.29) is 17.7 Å². The zero-order valence-electron chi connectivity index (χ0n) is 15.2. The van der Waals surface area contributed by atoms with Crippen LogP contribution in [0, 0.1) is 5.92 Å². The second-order valence-corrected chi connectivity index (χ2v) is 8.58. The van der Waals surface area contributed by atoms with Crippen molar-refractivity contribution in [2.24, 2.45) is 5.92 Å². The Morgan fingerprint density at radius 3 is 2.58 bits per heavy atom. The normalized spacial score (nSPS) is 24.9. The van der Waals surface area contributed by atoms with Gasteiger partial charge in [-0.3, -0.25) is 14.5 Å². The number of aromatic nitrogens is 2. The molecule has 2 amide bonds. The Labute approximate surface area is 158 Å². The Balaban J connectivity index is 1.36. The molecule has 3 aliphatic rings. The first-order valence-corrected chi connectivity index (χ1v) is 10.7. The minimum absolute atomic E-state index is 0.0199. The smallest absolute Gasteiger partial charge is 0.228 e. The number of carbonyl (C=O) groups excluding carboxylic acids is 2. The molecule has 1 aromatic heterocycles. The van der Waals surface area contributed by atoms with E-state index in [0.717, 1.165) is 50.3 Å². The Bertz CT molecular complexity index is 658. The number of piperidine rings is 1. The van der Waals surface area contributed by atoms with Gasteiger partial charge in [0.15, 0.2) is 0 Å². The van der Waals surface area contributed by atoms with Gasteiger partial charge in [0.25, 0.3) is 0 Å². The van der Waals surface area contributed by atoms with E-state index < -0.39 is 0 Å². The van der Waals surface area contributed by atoms with Crippen molar-refractivity contribution in [1.29, 1.82) is 0 Å². The molecule has 4 rings (SSSR count). The van der Waals surface area contributed by atoms with Gasteiger partial charge in [-0.2, -0.15) is 0 Å². The standard InChI is InChI=1S/C18H27N5O2S/c24-15-9-5-11-23(15)18-21-20-17(26-18)22-10-4-6-13(12-22)16(25)19-14-7-2-1-3-8-14/h13-14H,1-12H2,(H,19,25). The molecule has 1 aromatic rings. The highest BCUT2D eigenvalue weighted by Crippen LogP contribution is 2.32. The molecule has 0 aromatic carbocycles. The predicted molar refractivity (Wildman–Crippen MR) is 101 cm³/mol. The molecule has 2 aliphatic heterocycles. The van der Waals surface area contributed by atoms with Crippen molar-refractivity contribution in [2.45, 2.75) is 63.8 Å². The second-order valence-electron chi connectivity index (χ2n) is 7.64. The molecule has 7 nitrogen and oxygen atoms in total. The SMILES string of the molecule is O=C(NC1CCCCC1)C1CCCN(c2nnc(N3CCCC3=O)s2)C1. The molecule has 26 heavy (non-hydrogen) atoms. The quantitative estimate of drug-likeness (QED) is 0.871. The van der Waals surface area contributed by atoms with Gasteiger partial charge in [0.2, 0.25) is 22.1 Å². The summed E-state index contributed by atoms with van der Waals surface area (Å²) in [4.78, 5) is 28.5. The fourth-order valence-electron chi connectivity index (χ4n) is 4.23. The van der Waals surface area contributed by atoms with E-state index in [4.69, 9.17) is 0 Å². The lowest BCUT2D eigenvalue weighted by Gasteiger charge is -2.33. The third kappa shape index (κ3) is 3.84. The molecule has 1 saturated carbocycles. The molecular formula is C18H27N5O2S. The van der Waals surface area contributed by atoms with Gasteiger partial charge in [-0.25, -0.2) is 0 Å². The highest BCUT2D eigenvalue weighted by Gasteiger charge is 2.31. The number of hydrogen-bond donors (Lipinski definition) is 1. The van der Waals surface area contributed by atoms with Crippen LogP contribution in [-0.4, -0.2) is 47.7 Å². The number of nitrogens with one attached hydrogen (secondary N) is 1. The number of carbonyl (C=O) groups is 2. The molecule has 0 spiro atoms. The Kier molecular flexibility index (Phi) is 5.38. The van der Waals surface area contributed by atoms with Gasteiger partial charge in [0.05, 0.1) is 5.92 Å². The van der Waals surface area contributed by atoms with Crippen molar-refractivity contribution in [3.05, 3.63) is 0 Å². The first kappa shape index (κ1) is 17.7. The van der Waals surface area contributed by atoms with Gasteiger partial charge in [-0.05, 0) is 32.1 Å². The number of anilines is 2. The van der Waals surface area contributed by atoms with E-state index in [1.165, 1.54) is 30.6 Å². The van der Waals surface area contributed by atoms with Crippen LogP contribution in [0.25, 0.3) is 0 Å². The molecule has 2 saturated heterocycles. The van der Waals surface area contributed by atoms with Crippen LogP contribution in [0.2, 0.25) is 0 Å². The maximum absolute atomic E-state index is 12.7. The van der Waals surface area contributed by atoms with Crippen molar-refractivity contribution in [3.63, 3.8) is 0 Å². The predicted octanol–water partition coefficient (Wildman–Crippen LogP) is 2.33. The van der Waals surface area contributed by atoms with Gasteiger partial charge in [-0.1, -0.05) is 30.6 Å². The summed E-state index contributed by atoms with van der Waals surface area (Å²) in [5.41, 5.74) is 0. The second kappa shape index (κ2) is 7.90. The fraction of sp³-hybridized carbons (Fsp3) is 0.778. The van der Waals surface area contributed by atoms with Gasteiger partial charge in [-0.15, -0.1) is 10.2 Å². The molecule has 1 N–H and O–H groups in total. The van der Waals surface area contributed by atoms with Crippen LogP contribution in [0.1, 0.15) is 57.8 Å². The Morgan fingerprint density at radius 1 is 1.00 bits per heavy atom. The zero-order chi connectivity index (χ0) is 17.9. The summed E-state index contributed by atoms with van der Waals surface area (Å²) in [7, 11) is 0. The van der Waals surface area contributed by atoms with Crippen molar-refractivity contribution in [1.82, 2.24) is 15.5 Å². The van der Waals surface area contributed by atoms with Crippen LogP contribution in [0.4, 0.5) is 10.3 Å². The molecule has 8 heteroatoms. The Morgan fingerprint density at radius 2 is 1.81 bits per heavy atom. The molecule has 3 heterocycles. The summed E-state index contributed by atoms with van der Waals surface area (Å²) in [6.45, 7) is 2.33. The van der Waals surface area contributed by atoms with E-state index in [9.17, 15) is 9.59 Å². The maximum atomic E-state index is 12.7. The van der Waals surface area contributed by atoms with Gasteiger partial charge in [0.1, 0.15) is 0 Å². The van der Waals surface area contributed by atoms with Crippen molar-refractivity contribution < 1.29 is 9.59 Å². The average molecular weight is 378 g/mol. The number of rotatable bonds is 4. The lowest BCUT2D eigenvalue weighted by molar-refractivity contribution is -0.126. The van der Waals surface area contributed by atoms with E-state index in [1.54, 1.807) is 4.90 Å². The van der Waals surface area contributed by atoms with Crippen LogP contribution in [0.15, 0.2) is 0 Å². The molecule has 1 atom stereocenters. The molecule has 3 fully saturated rings. The lowest BCUT2D eigenvalue weighted by Crippen LogP contribution is -2.46. The monoisotopic (exact) mass is 377 g/mol. The minimum Gasteiger partial charge on any atom is -0.353 e. The van der Waals surface area contributed by atoms with E-state index in [2.05, 4.69) is 20.4 Å². The van der Waals surface area contributed by atoms with Crippen LogP contribution in [-0.2, 0) is 9.59 Å². The third-order valence-corrected chi connectivity index (χ3v) is 6.73. The highest BCUT2D eigenvalue weighted by molar-refractivity contribution is 7.19. The number of amides is 2. The Hall–Kier alpha value is -1.70. The van der Waals surface area contributed by atoms with Crippen molar-refractivity contribution in [2.75, 3.05) is 29.4 Å². The number of hydrogen-bond acceptors (Lipinski definition) is 6. The maximum Gasteiger partial charge on any atom is 0.228 e. The van der Waals surface area contributed by atoms with Crippen LogP contribution < -0.4 is 15.1 Å². The van der Waals surface area contributed by atoms with Crippen LogP contribution >= 0.6 is 11.3 Å². The zero-order valence-corrected chi connectivity index (χ0v) is 16.0. The van der Waals surface area contributed by atoms with Gasteiger partial charge in [0, 0.05) is 32.1 Å². The van der Waals surface area contributed by atoms with E-state index in [0.29, 0.717) is 24.1 Å². The largest absolute Gasteiger partial charge is 0.353 e. The summed E-state index contributed by atoms with van der Waals surface area (Å²) < 4.78 is 0. The molecular weight excluding hydrogens is 350 g/mol. The van der Waals surface area contributed by atoms with Crippen LogP contribution in [0.3, 0.4) is 0 Å². The summed E-state index contributed by atoms with van der Waals surface area (Å²) >= 11 is 1.47. The summed E-state index contributed by atoms with van der Waals surface area (Å²) in [6.07, 6.45) is 9.39. The average Bonchev–Trinajstić information content (AvgIpc) is 3.31. The van der Waals surface area contributed by atoms with Crippen molar-refractivity contribution >= 4 is 33.4 Å². The first-order chi connectivity index (χ1) is 12.7. The van der Waals surface area contributed by atoms with Crippen molar-refractivity contribution in [3.8, 4) is 0 Å². The highest BCUT2D eigenvalue weighted by atomic mass is 32.1. The molecule has 0 bridgehead atoms.